The maximum absolute atomic E-state index is 9.21. The van der Waals surface area contributed by atoms with Gasteiger partial charge in [0.25, 0.3) is 0 Å². The van der Waals surface area contributed by atoms with Crippen molar-refractivity contribution >= 4 is 26.4 Å². The molecule has 0 fully saturated rings. The van der Waals surface area contributed by atoms with Crippen LogP contribution in [0.2, 0.25) is 0 Å². The SMILES string of the molecule is Nc1sc2cc(O)ccc2c1CO. The summed E-state index contributed by atoms with van der Waals surface area (Å²) in [5.41, 5.74) is 6.44. The van der Waals surface area contributed by atoms with Crippen LogP contribution in [0.3, 0.4) is 0 Å². The molecule has 0 spiro atoms. The summed E-state index contributed by atoms with van der Waals surface area (Å²) in [4.78, 5) is 0. The normalized spacial score (nSPS) is 10.8. The second-order valence-corrected chi connectivity index (χ2v) is 3.87. The molecule has 0 aliphatic heterocycles. The van der Waals surface area contributed by atoms with Crippen LogP contribution in [0.15, 0.2) is 18.2 Å². The number of hydrogen-bond donors (Lipinski definition) is 3. The summed E-state index contributed by atoms with van der Waals surface area (Å²) >= 11 is 1.38. The lowest BCUT2D eigenvalue weighted by atomic mass is 10.2. The summed E-state index contributed by atoms with van der Waals surface area (Å²) in [5.74, 6) is 0.221. The molecule has 0 unspecified atom stereocenters. The standard InChI is InChI=1S/C9H9NO2S/c10-9-7(4-11)6-2-1-5(12)3-8(6)13-9/h1-3,11-12H,4,10H2. The van der Waals surface area contributed by atoms with Crippen LogP contribution in [0.5, 0.6) is 5.75 Å². The molecule has 1 heterocycles. The number of thiophene rings is 1. The first kappa shape index (κ1) is 8.34. The van der Waals surface area contributed by atoms with Gasteiger partial charge in [-0.3, -0.25) is 0 Å². The second-order valence-electron chi connectivity index (χ2n) is 2.78. The van der Waals surface area contributed by atoms with E-state index >= 15 is 0 Å². The molecule has 0 atom stereocenters. The molecule has 0 radical (unpaired) electrons. The van der Waals surface area contributed by atoms with Crippen molar-refractivity contribution in [2.45, 2.75) is 6.61 Å². The summed E-state index contributed by atoms with van der Waals surface area (Å²) < 4.78 is 0.904. The summed E-state index contributed by atoms with van der Waals surface area (Å²) in [7, 11) is 0. The number of phenolic OH excluding ortho intramolecular Hbond substituents is 1. The topological polar surface area (TPSA) is 66.5 Å². The van der Waals surface area contributed by atoms with Gasteiger partial charge >= 0.3 is 0 Å². The number of anilines is 1. The van der Waals surface area contributed by atoms with E-state index in [9.17, 15) is 5.11 Å². The largest absolute Gasteiger partial charge is 0.508 e. The van der Waals surface area contributed by atoms with Crippen LogP contribution in [0.4, 0.5) is 5.00 Å². The first-order valence-corrected chi connectivity index (χ1v) is 4.64. The van der Waals surface area contributed by atoms with Gasteiger partial charge in [0, 0.05) is 15.6 Å². The van der Waals surface area contributed by atoms with Crippen molar-refractivity contribution in [3.8, 4) is 5.75 Å². The Labute approximate surface area is 79.0 Å². The van der Waals surface area contributed by atoms with Crippen LogP contribution in [-0.2, 0) is 6.61 Å². The number of nitrogen functional groups attached to an aromatic ring is 1. The van der Waals surface area contributed by atoms with Gasteiger partial charge in [0.2, 0.25) is 0 Å². The molecule has 0 saturated carbocycles. The Morgan fingerprint density at radius 2 is 2.15 bits per heavy atom. The Morgan fingerprint density at radius 1 is 1.38 bits per heavy atom. The first-order chi connectivity index (χ1) is 6.22. The average molecular weight is 195 g/mol. The van der Waals surface area contributed by atoms with E-state index in [1.165, 1.54) is 11.3 Å². The third-order valence-electron chi connectivity index (χ3n) is 1.97. The quantitative estimate of drug-likeness (QED) is 0.648. The smallest absolute Gasteiger partial charge is 0.117 e. The van der Waals surface area contributed by atoms with E-state index in [-0.39, 0.29) is 12.4 Å². The minimum Gasteiger partial charge on any atom is -0.508 e. The van der Waals surface area contributed by atoms with E-state index in [2.05, 4.69) is 0 Å². The van der Waals surface area contributed by atoms with Crippen LogP contribution in [0, 0.1) is 0 Å². The van der Waals surface area contributed by atoms with E-state index < -0.39 is 0 Å². The Balaban J connectivity index is 2.79. The van der Waals surface area contributed by atoms with Crippen molar-refractivity contribution in [1.29, 1.82) is 0 Å². The molecular weight excluding hydrogens is 186 g/mol. The van der Waals surface area contributed by atoms with Crippen LogP contribution < -0.4 is 5.73 Å². The van der Waals surface area contributed by atoms with E-state index in [1.807, 2.05) is 0 Å². The number of aromatic hydroxyl groups is 1. The van der Waals surface area contributed by atoms with Gasteiger partial charge in [-0.05, 0) is 18.2 Å². The zero-order chi connectivity index (χ0) is 9.42. The molecule has 4 heteroatoms. The third-order valence-corrected chi connectivity index (χ3v) is 2.99. The fourth-order valence-corrected chi connectivity index (χ4v) is 2.34. The van der Waals surface area contributed by atoms with Crippen molar-refractivity contribution in [3.63, 3.8) is 0 Å². The fraction of sp³-hybridized carbons (Fsp3) is 0.111. The zero-order valence-electron chi connectivity index (χ0n) is 6.82. The number of aliphatic hydroxyl groups is 1. The zero-order valence-corrected chi connectivity index (χ0v) is 7.64. The van der Waals surface area contributed by atoms with Crippen molar-refractivity contribution in [2.75, 3.05) is 5.73 Å². The summed E-state index contributed by atoms with van der Waals surface area (Å²) in [5, 5.41) is 19.8. The van der Waals surface area contributed by atoms with Crippen molar-refractivity contribution in [3.05, 3.63) is 23.8 Å². The van der Waals surface area contributed by atoms with Gasteiger partial charge in [-0.15, -0.1) is 11.3 Å². The highest BCUT2D eigenvalue weighted by Gasteiger charge is 2.08. The predicted octanol–water partition coefficient (Wildman–Crippen LogP) is 1.68. The van der Waals surface area contributed by atoms with E-state index in [1.54, 1.807) is 18.2 Å². The van der Waals surface area contributed by atoms with E-state index in [4.69, 9.17) is 10.8 Å². The molecular formula is C9H9NO2S. The van der Waals surface area contributed by atoms with Gasteiger partial charge < -0.3 is 15.9 Å². The molecule has 0 aliphatic carbocycles. The number of benzene rings is 1. The molecule has 4 N–H and O–H groups in total. The Hall–Kier alpha value is -1.26. The molecule has 1 aromatic carbocycles. The minimum absolute atomic E-state index is 0.0589. The van der Waals surface area contributed by atoms with Gasteiger partial charge in [0.1, 0.15) is 5.75 Å². The lowest BCUT2D eigenvalue weighted by Gasteiger charge is -1.95. The molecule has 0 bridgehead atoms. The van der Waals surface area contributed by atoms with Crippen molar-refractivity contribution < 1.29 is 10.2 Å². The Bertz CT molecular complexity index is 450. The monoisotopic (exact) mass is 195 g/mol. The number of aliphatic hydroxyl groups excluding tert-OH is 1. The number of hydrogen-bond acceptors (Lipinski definition) is 4. The molecule has 13 heavy (non-hydrogen) atoms. The second kappa shape index (κ2) is 2.90. The lowest BCUT2D eigenvalue weighted by molar-refractivity contribution is 0.284. The third kappa shape index (κ3) is 1.24. The van der Waals surface area contributed by atoms with E-state index in [0.717, 1.165) is 15.6 Å². The van der Waals surface area contributed by atoms with Crippen molar-refractivity contribution in [1.82, 2.24) is 0 Å². The maximum Gasteiger partial charge on any atom is 0.117 e. The maximum atomic E-state index is 9.21. The molecule has 2 rings (SSSR count). The fourth-order valence-electron chi connectivity index (χ4n) is 1.32. The van der Waals surface area contributed by atoms with Gasteiger partial charge in [0.15, 0.2) is 0 Å². The number of nitrogens with two attached hydrogens (primary N) is 1. The van der Waals surface area contributed by atoms with Crippen molar-refractivity contribution in [2.24, 2.45) is 0 Å². The van der Waals surface area contributed by atoms with Crippen LogP contribution in [-0.4, -0.2) is 10.2 Å². The highest BCUT2D eigenvalue weighted by molar-refractivity contribution is 7.22. The summed E-state index contributed by atoms with van der Waals surface area (Å²) in [6, 6.07) is 5.01. The molecule has 2 aromatic rings. The van der Waals surface area contributed by atoms with Gasteiger partial charge in [0.05, 0.1) is 11.6 Å². The Kier molecular flexibility index (Phi) is 1.86. The highest BCUT2D eigenvalue weighted by atomic mass is 32.1. The van der Waals surface area contributed by atoms with Crippen LogP contribution >= 0.6 is 11.3 Å². The number of fused-ring (bicyclic) bond motifs is 1. The molecule has 0 saturated heterocycles. The number of phenols is 1. The summed E-state index contributed by atoms with van der Waals surface area (Å²) in [6.45, 7) is -0.0589. The number of rotatable bonds is 1. The van der Waals surface area contributed by atoms with Crippen LogP contribution in [0.1, 0.15) is 5.56 Å². The van der Waals surface area contributed by atoms with Gasteiger partial charge in [-0.25, -0.2) is 0 Å². The average Bonchev–Trinajstić information content (AvgIpc) is 2.39. The molecule has 3 nitrogen and oxygen atoms in total. The predicted molar refractivity (Wildman–Crippen MR) is 53.8 cm³/mol. The van der Waals surface area contributed by atoms with E-state index in [0.29, 0.717) is 5.00 Å². The molecule has 0 amide bonds. The van der Waals surface area contributed by atoms with Crippen LogP contribution in [0.25, 0.3) is 10.1 Å². The molecule has 68 valence electrons. The minimum atomic E-state index is -0.0589. The first-order valence-electron chi connectivity index (χ1n) is 3.83. The van der Waals surface area contributed by atoms with Gasteiger partial charge in [-0.2, -0.15) is 0 Å². The molecule has 0 aliphatic rings. The lowest BCUT2D eigenvalue weighted by Crippen LogP contribution is -1.87. The molecule has 1 aromatic heterocycles. The summed E-state index contributed by atoms with van der Waals surface area (Å²) in [6.07, 6.45) is 0. The highest BCUT2D eigenvalue weighted by Crippen LogP contribution is 2.35. The van der Waals surface area contributed by atoms with Gasteiger partial charge in [-0.1, -0.05) is 0 Å². The Morgan fingerprint density at radius 3 is 2.85 bits per heavy atom.